The fourth-order valence-electron chi connectivity index (χ4n) is 0.663. The van der Waals surface area contributed by atoms with E-state index in [1.807, 2.05) is 0 Å². The van der Waals surface area contributed by atoms with E-state index in [-0.39, 0.29) is 44.3 Å². The van der Waals surface area contributed by atoms with Gasteiger partial charge in [0.05, 0.1) is 0 Å². The molecule has 0 saturated carbocycles. The molecule has 1 amide bonds. The van der Waals surface area contributed by atoms with Crippen molar-refractivity contribution < 1.29 is 41.9 Å². The molecule has 5 heteroatoms. The Morgan fingerprint density at radius 3 is 2.50 bits per heavy atom. The van der Waals surface area contributed by atoms with E-state index in [9.17, 15) is 9.18 Å². The van der Waals surface area contributed by atoms with Crippen molar-refractivity contribution in [1.82, 2.24) is 10.3 Å². The standard InChI is InChI=1S/C7H7FN2O.C2H5.Y/c1-9-7(11)5-3-2-4-6(8)10-5;1-2;/h2-4H,1H3,(H,9,11);1H2,2H3;/q;-1;. The number of rotatable bonds is 1. The number of aromatic nitrogens is 1. The summed E-state index contributed by atoms with van der Waals surface area (Å²) in [5, 5.41) is 2.34. The average Bonchev–Trinajstić information content (AvgIpc) is 2.20. The van der Waals surface area contributed by atoms with Crippen LogP contribution in [0.3, 0.4) is 0 Å². The molecule has 0 aliphatic rings. The van der Waals surface area contributed by atoms with Crippen molar-refractivity contribution in [3.63, 3.8) is 0 Å². The van der Waals surface area contributed by atoms with Gasteiger partial charge in [0.1, 0.15) is 5.69 Å². The largest absolute Gasteiger partial charge is 0.354 e. The third-order valence-electron chi connectivity index (χ3n) is 1.17. The summed E-state index contributed by atoms with van der Waals surface area (Å²) in [6, 6.07) is 4.07. The Bertz CT molecular complexity index is 281. The minimum absolute atomic E-state index is 0. The topological polar surface area (TPSA) is 42.0 Å². The maximum absolute atomic E-state index is 12.4. The molecule has 0 aliphatic carbocycles. The molecule has 3 nitrogen and oxygen atoms in total. The quantitative estimate of drug-likeness (QED) is 0.620. The summed E-state index contributed by atoms with van der Waals surface area (Å²) in [5.41, 5.74) is 0.0903. The predicted octanol–water partition coefficient (Wildman–Crippen LogP) is 1.42. The van der Waals surface area contributed by atoms with E-state index in [0.29, 0.717) is 0 Å². The molecule has 1 radical (unpaired) electrons. The van der Waals surface area contributed by atoms with Crippen LogP contribution in [0.4, 0.5) is 4.39 Å². The maximum atomic E-state index is 12.4. The second-order valence-corrected chi connectivity index (χ2v) is 1.92. The number of pyridine rings is 1. The zero-order chi connectivity index (χ0) is 10.3. The van der Waals surface area contributed by atoms with Crippen LogP contribution in [0, 0.1) is 12.9 Å². The molecule has 14 heavy (non-hydrogen) atoms. The van der Waals surface area contributed by atoms with Gasteiger partial charge >= 0.3 is 0 Å². The molecular formula is C9H12FN2OY-. The minimum atomic E-state index is -0.647. The molecule has 0 bridgehead atoms. The van der Waals surface area contributed by atoms with E-state index in [2.05, 4.69) is 17.2 Å². The summed E-state index contributed by atoms with van der Waals surface area (Å²) in [6.07, 6.45) is 0. The van der Waals surface area contributed by atoms with Crippen molar-refractivity contribution in [2.45, 2.75) is 6.92 Å². The van der Waals surface area contributed by atoms with Crippen LogP contribution in [0.5, 0.6) is 0 Å². The first-order valence-electron chi connectivity index (χ1n) is 3.79. The third-order valence-corrected chi connectivity index (χ3v) is 1.17. The van der Waals surface area contributed by atoms with E-state index < -0.39 is 5.95 Å². The van der Waals surface area contributed by atoms with Crippen molar-refractivity contribution in [3.8, 4) is 0 Å². The molecule has 0 atom stereocenters. The van der Waals surface area contributed by atoms with Gasteiger partial charge in [-0.15, -0.1) is 0 Å². The fraction of sp³-hybridized carbons (Fsp3) is 0.222. The summed E-state index contributed by atoms with van der Waals surface area (Å²) < 4.78 is 12.4. The first-order valence-corrected chi connectivity index (χ1v) is 3.79. The van der Waals surface area contributed by atoms with Crippen molar-refractivity contribution in [3.05, 3.63) is 36.8 Å². The second kappa shape index (κ2) is 9.22. The van der Waals surface area contributed by atoms with Crippen molar-refractivity contribution in [2.24, 2.45) is 0 Å². The number of halogens is 1. The number of carbonyl (C=O) groups is 1. The van der Waals surface area contributed by atoms with E-state index in [1.165, 1.54) is 25.2 Å². The summed E-state index contributed by atoms with van der Waals surface area (Å²) in [5.74, 6) is -1.03. The molecule has 0 aliphatic heterocycles. The normalized spacial score (nSPS) is 7.71. The maximum Gasteiger partial charge on any atom is 0.269 e. The van der Waals surface area contributed by atoms with Crippen LogP contribution < -0.4 is 5.32 Å². The zero-order valence-electron chi connectivity index (χ0n) is 8.25. The number of carbonyl (C=O) groups excluding carboxylic acids is 1. The first kappa shape index (κ1) is 16.1. The van der Waals surface area contributed by atoms with Crippen molar-refractivity contribution in [1.29, 1.82) is 0 Å². The van der Waals surface area contributed by atoms with E-state index in [4.69, 9.17) is 0 Å². The molecule has 1 heterocycles. The van der Waals surface area contributed by atoms with Crippen molar-refractivity contribution in [2.75, 3.05) is 7.05 Å². The molecule has 0 aromatic carbocycles. The van der Waals surface area contributed by atoms with Gasteiger partial charge in [-0.3, -0.25) is 4.79 Å². The van der Waals surface area contributed by atoms with Crippen LogP contribution in [0.25, 0.3) is 0 Å². The Morgan fingerprint density at radius 1 is 1.50 bits per heavy atom. The number of hydrogen-bond donors (Lipinski definition) is 1. The Balaban J connectivity index is 0. The van der Waals surface area contributed by atoms with E-state index >= 15 is 0 Å². The van der Waals surface area contributed by atoms with Crippen LogP contribution in [-0.2, 0) is 32.7 Å². The van der Waals surface area contributed by atoms with Gasteiger partial charge < -0.3 is 12.2 Å². The number of hydrogen-bond acceptors (Lipinski definition) is 2. The van der Waals surface area contributed by atoms with Gasteiger partial charge in [-0.05, 0) is 12.1 Å². The molecule has 0 saturated heterocycles. The van der Waals surface area contributed by atoms with E-state index in [0.717, 1.165) is 0 Å². The summed E-state index contributed by atoms with van der Waals surface area (Å²) >= 11 is 0. The first-order chi connectivity index (χ1) is 6.24. The molecule has 0 unspecified atom stereocenters. The van der Waals surface area contributed by atoms with Crippen LogP contribution in [0.2, 0.25) is 0 Å². The minimum Gasteiger partial charge on any atom is -0.354 e. The second-order valence-electron chi connectivity index (χ2n) is 1.92. The smallest absolute Gasteiger partial charge is 0.269 e. The molecule has 1 aromatic heterocycles. The van der Waals surface area contributed by atoms with Crippen molar-refractivity contribution >= 4 is 5.91 Å². The van der Waals surface area contributed by atoms with Gasteiger partial charge in [-0.2, -0.15) is 11.3 Å². The molecular weight excluding hydrogens is 260 g/mol. The summed E-state index contributed by atoms with van der Waals surface area (Å²) in [6.45, 7) is 5.00. The van der Waals surface area contributed by atoms with Gasteiger partial charge in [0.2, 0.25) is 5.95 Å². The van der Waals surface area contributed by atoms with Crippen LogP contribution in [-0.4, -0.2) is 17.9 Å². The van der Waals surface area contributed by atoms with Crippen LogP contribution in [0.15, 0.2) is 18.2 Å². The van der Waals surface area contributed by atoms with Crippen LogP contribution >= 0.6 is 0 Å². The zero-order valence-corrected chi connectivity index (χ0v) is 11.1. The number of nitrogens with zero attached hydrogens (tertiary/aromatic N) is 1. The van der Waals surface area contributed by atoms with Gasteiger partial charge in [0, 0.05) is 39.8 Å². The van der Waals surface area contributed by atoms with Gasteiger partial charge in [0.25, 0.3) is 5.91 Å². The Kier molecular flexibility index (Phi) is 10.6. The monoisotopic (exact) mass is 272 g/mol. The molecule has 1 aromatic rings. The number of amides is 1. The Hall–Kier alpha value is -0.346. The molecule has 75 valence electrons. The summed E-state index contributed by atoms with van der Waals surface area (Å²) in [4.78, 5) is 14.2. The Labute approximate surface area is 108 Å². The van der Waals surface area contributed by atoms with E-state index in [1.54, 1.807) is 6.92 Å². The Morgan fingerprint density at radius 2 is 2.07 bits per heavy atom. The average molecular weight is 272 g/mol. The molecule has 1 rings (SSSR count). The van der Waals surface area contributed by atoms with Gasteiger partial charge in [-0.25, -0.2) is 4.98 Å². The van der Waals surface area contributed by atoms with Crippen LogP contribution in [0.1, 0.15) is 17.4 Å². The summed E-state index contributed by atoms with van der Waals surface area (Å²) in [7, 11) is 1.47. The van der Waals surface area contributed by atoms with Gasteiger partial charge in [0.15, 0.2) is 0 Å². The SMILES string of the molecule is CNC(=O)c1cccc(F)n1.[CH2-]C.[Y]. The number of nitrogens with one attached hydrogen (secondary N) is 1. The van der Waals surface area contributed by atoms with Gasteiger partial charge in [-0.1, -0.05) is 6.07 Å². The molecule has 0 spiro atoms. The molecule has 0 fully saturated rings. The third kappa shape index (κ3) is 5.40. The fourth-order valence-corrected chi connectivity index (χ4v) is 0.663. The predicted molar refractivity (Wildman–Crippen MR) is 48.6 cm³/mol. The molecule has 1 N–H and O–H groups in total.